The second kappa shape index (κ2) is 5.03. The van der Waals surface area contributed by atoms with Crippen LogP contribution in [-0.2, 0) is 4.74 Å². The Kier molecular flexibility index (Phi) is 3.88. The summed E-state index contributed by atoms with van der Waals surface area (Å²) < 4.78 is 5.58. The van der Waals surface area contributed by atoms with Gasteiger partial charge in [-0.1, -0.05) is 6.92 Å². The fourth-order valence-electron chi connectivity index (χ4n) is 2.77. The highest BCUT2D eigenvalue weighted by Gasteiger charge is 2.32. The number of rotatable bonds is 3. The lowest BCUT2D eigenvalue weighted by atomic mass is 9.81. The third kappa shape index (κ3) is 3.19. The Hall–Kier alpha value is -0.120. The molecular formula is C13H26N2O. The maximum absolute atomic E-state index is 5.58. The van der Waals surface area contributed by atoms with E-state index in [0.717, 1.165) is 26.3 Å². The summed E-state index contributed by atoms with van der Waals surface area (Å²) in [5.74, 6) is 0. The Bertz CT molecular complexity index is 194. The topological polar surface area (TPSA) is 33.3 Å². The van der Waals surface area contributed by atoms with Crippen molar-refractivity contribution in [1.82, 2.24) is 10.6 Å². The summed E-state index contributed by atoms with van der Waals surface area (Å²) in [6, 6.07) is 0. The predicted molar refractivity (Wildman–Crippen MR) is 66.7 cm³/mol. The van der Waals surface area contributed by atoms with E-state index in [-0.39, 0.29) is 5.54 Å². The Morgan fingerprint density at radius 3 is 2.75 bits per heavy atom. The van der Waals surface area contributed by atoms with Crippen LogP contribution in [0.2, 0.25) is 0 Å². The molecule has 0 radical (unpaired) electrons. The predicted octanol–water partition coefficient (Wildman–Crippen LogP) is 1.53. The van der Waals surface area contributed by atoms with Crippen LogP contribution in [0.3, 0.4) is 0 Å². The number of hydrogen-bond donors (Lipinski definition) is 2. The first kappa shape index (κ1) is 12.3. The fraction of sp³-hybridized carbons (Fsp3) is 1.00. The molecule has 0 aromatic rings. The summed E-state index contributed by atoms with van der Waals surface area (Å²) in [5.41, 5.74) is 0.636. The van der Waals surface area contributed by atoms with Crippen LogP contribution in [0.5, 0.6) is 0 Å². The zero-order valence-electron chi connectivity index (χ0n) is 10.8. The summed E-state index contributed by atoms with van der Waals surface area (Å²) >= 11 is 0. The van der Waals surface area contributed by atoms with Crippen molar-refractivity contribution in [3.63, 3.8) is 0 Å². The van der Waals surface area contributed by atoms with E-state index in [2.05, 4.69) is 24.5 Å². The van der Waals surface area contributed by atoms with Gasteiger partial charge in [-0.25, -0.2) is 0 Å². The first-order chi connectivity index (χ1) is 7.62. The van der Waals surface area contributed by atoms with Gasteiger partial charge >= 0.3 is 0 Å². The van der Waals surface area contributed by atoms with Crippen LogP contribution in [0.15, 0.2) is 0 Å². The van der Waals surface area contributed by atoms with E-state index in [0.29, 0.717) is 5.41 Å². The maximum atomic E-state index is 5.58. The average molecular weight is 226 g/mol. The highest BCUT2D eigenvalue weighted by atomic mass is 16.5. The van der Waals surface area contributed by atoms with Gasteiger partial charge in [0.1, 0.15) is 0 Å². The molecule has 2 heterocycles. The number of hydrogen-bond acceptors (Lipinski definition) is 3. The highest BCUT2D eigenvalue weighted by Crippen LogP contribution is 2.26. The Labute approximate surface area is 99.3 Å². The van der Waals surface area contributed by atoms with E-state index in [4.69, 9.17) is 4.74 Å². The third-order valence-corrected chi connectivity index (χ3v) is 4.07. The van der Waals surface area contributed by atoms with Crippen LogP contribution in [-0.4, -0.2) is 38.4 Å². The lowest BCUT2D eigenvalue weighted by Gasteiger charge is -2.40. The summed E-state index contributed by atoms with van der Waals surface area (Å²) in [7, 11) is 0. The average Bonchev–Trinajstić information content (AvgIpc) is 2.29. The van der Waals surface area contributed by atoms with Crippen LogP contribution in [0.25, 0.3) is 0 Å². The molecule has 0 spiro atoms. The van der Waals surface area contributed by atoms with E-state index in [1.807, 2.05) is 0 Å². The largest absolute Gasteiger partial charge is 0.380 e. The van der Waals surface area contributed by atoms with E-state index in [1.54, 1.807) is 0 Å². The summed E-state index contributed by atoms with van der Waals surface area (Å²) in [5, 5.41) is 7.25. The van der Waals surface area contributed by atoms with Gasteiger partial charge in [-0.15, -0.1) is 0 Å². The van der Waals surface area contributed by atoms with Gasteiger partial charge < -0.3 is 15.4 Å². The minimum absolute atomic E-state index is 0.207. The molecule has 0 aliphatic carbocycles. The molecule has 0 aromatic carbocycles. The van der Waals surface area contributed by atoms with Crippen molar-refractivity contribution in [3.05, 3.63) is 0 Å². The molecule has 2 rings (SSSR count). The molecule has 3 nitrogen and oxygen atoms in total. The smallest absolute Gasteiger partial charge is 0.0645 e. The summed E-state index contributed by atoms with van der Waals surface area (Å²) in [6.45, 7) is 9.95. The SMILES string of the molecule is CC1(CNC2(C)CCCOC2)CCCNC1. The maximum Gasteiger partial charge on any atom is 0.0645 e. The molecule has 2 fully saturated rings. The number of piperidine rings is 1. The van der Waals surface area contributed by atoms with Gasteiger partial charge in [-0.2, -0.15) is 0 Å². The minimum Gasteiger partial charge on any atom is -0.380 e. The zero-order chi connectivity index (χ0) is 11.5. The number of ether oxygens (including phenoxy) is 1. The Morgan fingerprint density at radius 2 is 2.12 bits per heavy atom. The van der Waals surface area contributed by atoms with Crippen molar-refractivity contribution in [2.24, 2.45) is 5.41 Å². The molecule has 3 heteroatoms. The Balaban J connectivity index is 1.80. The molecule has 0 saturated carbocycles. The Morgan fingerprint density at radius 1 is 1.25 bits per heavy atom. The molecular weight excluding hydrogens is 200 g/mol. The molecule has 2 saturated heterocycles. The van der Waals surface area contributed by atoms with E-state index < -0.39 is 0 Å². The second-order valence-corrected chi connectivity index (χ2v) is 6.16. The van der Waals surface area contributed by atoms with Gasteiger partial charge in [-0.05, 0) is 44.6 Å². The van der Waals surface area contributed by atoms with Gasteiger partial charge in [0.2, 0.25) is 0 Å². The monoisotopic (exact) mass is 226 g/mol. The normalized spacial score (nSPS) is 40.9. The third-order valence-electron chi connectivity index (χ3n) is 4.07. The van der Waals surface area contributed by atoms with Crippen molar-refractivity contribution < 1.29 is 4.74 Å². The van der Waals surface area contributed by atoms with Crippen LogP contribution >= 0.6 is 0 Å². The molecule has 2 aliphatic rings. The first-order valence-electron chi connectivity index (χ1n) is 6.66. The molecule has 0 amide bonds. The van der Waals surface area contributed by atoms with Gasteiger partial charge in [0.15, 0.2) is 0 Å². The first-order valence-corrected chi connectivity index (χ1v) is 6.66. The van der Waals surface area contributed by atoms with Gasteiger partial charge in [0, 0.05) is 25.2 Å². The molecule has 2 aliphatic heterocycles. The molecule has 2 atom stereocenters. The van der Waals surface area contributed by atoms with E-state index >= 15 is 0 Å². The lowest BCUT2D eigenvalue weighted by Crippen LogP contribution is -2.54. The van der Waals surface area contributed by atoms with E-state index in [1.165, 1.54) is 32.2 Å². The molecule has 0 aromatic heterocycles. The van der Waals surface area contributed by atoms with Gasteiger partial charge in [-0.3, -0.25) is 0 Å². The van der Waals surface area contributed by atoms with Gasteiger partial charge in [0.05, 0.1) is 6.61 Å². The van der Waals surface area contributed by atoms with Crippen LogP contribution in [0.1, 0.15) is 39.5 Å². The molecule has 0 bridgehead atoms. The lowest BCUT2D eigenvalue weighted by molar-refractivity contribution is 0.0222. The van der Waals surface area contributed by atoms with Crippen LogP contribution in [0.4, 0.5) is 0 Å². The molecule has 16 heavy (non-hydrogen) atoms. The zero-order valence-corrected chi connectivity index (χ0v) is 10.8. The van der Waals surface area contributed by atoms with Crippen molar-refractivity contribution in [2.75, 3.05) is 32.8 Å². The summed E-state index contributed by atoms with van der Waals surface area (Å²) in [6.07, 6.45) is 5.09. The van der Waals surface area contributed by atoms with E-state index in [9.17, 15) is 0 Å². The van der Waals surface area contributed by atoms with Crippen LogP contribution in [0, 0.1) is 5.41 Å². The van der Waals surface area contributed by atoms with Crippen LogP contribution < -0.4 is 10.6 Å². The quantitative estimate of drug-likeness (QED) is 0.766. The van der Waals surface area contributed by atoms with Gasteiger partial charge in [0.25, 0.3) is 0 Å². The highest BCUT2D eigenvalue weighted by molar-refractivity contribution is 4.90. The van der Waals surface area contributed by atoms with Crippen molar-refractivity contribution in [2.45, 2.75) is 45.1 Å². The molecule has 94 valence electrons. The summed E-state index contributed by atoms with van der Waals surface area (Å²) in [4.78, 5) is 0. The standard InChI is InChI=1S/C13H26N2O/c1-12(5-3-7-14-9-12)10-15-13(2)6-4-8-16-11-13/h14-15H,3-11H2,1-2H3. The fourth-order valence-corrected chi connectivity index (χ4v) is 2.77. The van der Waals surface area contributed by atoms with Crippen molar-refractivity contribution in [1.29, 1.82) is 0 Å². The number of nitrogens with one attached hydrogen (secondary N) is 2. The second-order valence-electron chi connectivity index (χ2n) is 6.16. The van der Waals surface area contributed by atoms with Crippen molar-refractivity contribution in [3.8, 4) is 0 Å². The molecule has 2 unspecified atom stereocenters. The molecule has 2 N–H and O–H groups in total. The van der Waals surface area contributed by atoms with Crippen molar-refractivity contribution >= 4 is 0 Å². The minimum atomic E-state index is 0.207.